The first-order chi connectivity index (χ1) is 16.8. The maximum atomic E-state index is 11.8. The predicted octanol–water partition coefficient (Wildman–Crippen LogP) is 2.53. The van der Waals surface area contributed by atoms with Gasteiger partial charge in [-0.05, 0) is 56.8 Å². The number of aliphatic hydroxyl groups excluding tert-OH is 5. The maximum absolute atomic E-state index is 11.8. The van der Waals surface area contributed by atoms with Crippen LogP contribution in [-0.2, 0) is 14.3 Å². The van der Waals surface area contributed by atoms with Gasteiger partial charge >= 0.3 is 5.97 Å². The average molecular weight is 497 g/mol. The molecule has 1 heterocycles. The van der Waals surface area contributed by atoms with Crippen LogP contribution in [0.4, 0.5) is 0 Å². The minimum absolute atomic E-state index is 0.186. The molecule has 0 aromatic heterocycles. The zero-order valence-electron chi connectivity index (χ0n) is 20.8. The summed E-state index contributed by atoms with van der Waals surface area (Å²) in [6.45, 7) is 1.89. The van der Waals surface area contributed by atoms with Crippen molar-refractivity contribution in [1.82, 2.24) is 0 Å². The lowest BCUT2D eigenvalue weighted by molar-refractivity contribution is -0.287. The number of hydrogen-bond donors (Lipinski definition) is 5. The van der Waals surface area contributed by atoms with Gasteiger partial charge in [0.15, 0.2) is 6.29 Å². The van der Waals surface area contributed by atoms with Crippen molar-refractivity contribution < 1.29 is 39.8 Å². The first-order valence-corrected chi connectivity index (χ1v) is 13.0. The molecule has 0 aromatic carbocycles. The normalized spacial score (nSPS) is 32.0. The fraction of sp³-hybridized carbons (Fsp3) is 0.741. The molecule has 1 aliphatic carbocycles. The highest BCUT2D eigenvalue weighted by molar-refractivity contribution is 5.69. The van der Waals surface area contributed by atoms with Crippen LogP contribution in [0.1, 0.15) is 71.1 Å². The Labute approximate surface area is 209 Å². The molecule has 0 spiro atoms. The minimum atomic E-state index is -1.65. The second-order valence-corrected chi connectivity index (χ2v) is 9.60. The Morgan fingerprint density at radius 1 is 0.971 bits per heavy atom. The number of ether oxygens (including phenoxy) is 2. The van der Waals surface area contributed by atoms with Crippen molar-refractivity contribution in [2.45, 2.75) is 108 Å². The van der Waals surface area contributed by atoms with Crippen molar-refractivity contribution in [3.05, 3.63) is 36.5 Å². The van der Waals surface area contributed by atoms with Crippen molar-refractivity contribution >= 4 is 5.97 Å². The molecule has 2 fully saturated rings. The predicted molar refractivity (Wildman–Crippen MR) is 132 cm³/mol. The molecule has 1 aliphatic heterocycles. The van der Waals surface area contributed by atoms with Gasteiger partial charge in [0.2, 0.25) is 0 Å². The number of rotatable bonds is 16. The van der Waals surface area contributed by atoms with Crippen LogP contribution in [0.2, 0.25) is 0 Å². The molecule has 0 bridgehead atoms. The first-order valence-electron chi connectivity index (χ1n) is 13.0. The number of carbonyl (C=O) groups is 1. The Kier molecular flexibility index (Phi) is 13.8. The third kappa shape index (κ3) is 10.9. The maximum Gasteiger partial charge on any atom is 0.305 e. The molecule has 5 N–H and O–H groups in total. The average Bonchev–Trinajstić information content (AvgIpc) is 3.62. The van der Waals surface area contributed by atoms with Gasteiger partial charge in [0.05, 0.1) is 6.10 Å². The largest absolute Gasteiger partial charge is 0.463 e. The molecule has 2 rings (SSSR count). The number of allylic oxidation sites excluding steroid dienone is 5. The number of aliphatic hydroxyl groups is 5. The molecular formula is C27H44O8. The van der Waals surface area contributed by atoms with Crippen molar-refractivity contribution in [3.8, 4) is 0 Å². The molecule has 8 atom stereocenters. The minimum Gasteiger partial charge on any atom is -0.463 e. The topological polar surface area (TPSA) is 137 Å². The van der Waals surface area contributed by atoms with E-state index in [1.807, 2.05) is 24.3 Å². The van der Waals surface area contributed by atoms with Crippen LogP contribution in [0.25, 0.3) is 0 Å². The van der Waals surface area contributed by atoms with Gasteiger partial charge in [0, 0.05) is 6.42 Å². The van der Waals surface area contributed by atoms with Gasteiger partial charge in [0.25, 0.3) is 0 Å². The molecule has 0 amide bonds. The monoisotopic (exact) mass is 496 g/mol. The Balaban J connectivity index is 1.49. The van der Waals surface area contributed by atoms with Crippen LogP contribution in [0.3, 0.4) is 0 Å². The Morgan fingerprint density at radius 3 is 2.49 bits per heavy atom. The quantitative estimate of drug-likeness (QED) is 0.125. The lowest BCUT2D eigenvalue weighted by Gasteiger charge is -2.37. The molecule has 8 heteroatoms. The summed E-state index contributed by atoms with van der Waals surface area (Å²) < 4.78 is 10.0. The molecule has 7 unspecified atom stereocenters. The van der Waals surface area contributed by atoms with Crippen LogP contribution >= 0.6 is 0 Å². The summed E-state index contributed by atoms with van der Waals surface area (Å²) in [5.41, 5.74) is 0. The highest BCUT2D eigenvalue weighted by Crippen LogP contribution is 2.44. The summed E-state index contributed by atoms with van der Waals surface area (Å²) in [6, 6.07) is 0. The van der Waals surface area contributed by atoms with Gasteiger partial charge in [-0.3, -0.25) is 4.79 Å². The molecule has 8 nitrogen and oxygen atoms in total. The number of unbranched alkanes of at least 4 members (excludes halogenated alkanes) is 4. The molecule has 0 aromatic rings. The first kappa shape index (κ1) is 29.7. The van der Waals surface area contributed by atoms with Crippen LogP contribution in [0.5, 0.6) is 0 Å². The third-order valence-corrected chi connectivity index (χ3v) is 6.62. The lowest BCUT2D eigenvalue weighted by atomic mass is 9.99. The van der Waals surface area contributed by atoms with Gasteiger partial charge in [0.1, 0.15) is 31.0 Å². The number of esters is 1. The molecule has 1 saturated heterocycles. The molecule has 200 valence electrons. The molecule has 2 aliphatic rings. The summed E-state index contributed by atoms with van der Waals surface area (Å²) in [4.78, 5) is 11.8. The van der Waals surface area contributed by atoms with Gasteiger partial charge in [-0.2, -0.15) is 0 Å². The van der Waals surface area contributed by atoms with E-state index in [4.69, 9.17) is 9.47 Å². The standard InChI is InChI=1S/C27H44O8/c1-2-3-4-5-8-11-14-19-17-20(19)21(28)15-12-9-6-7-10-13-16-23(29)34-18-22-24(30)25(31)26(32)27(33)35-22/h6-8,11-12,15,19-22,24-28,30-33H,2-5,9-10,13-14,16-18H2,1H3/b7-6-,11-8-,15-12-/t19?,20?,21-,22?,24?,25?,26?,27?/m0/s1. The van der Waals surface area contributed by atoms with E-state index in [2.05, 4.69) is 19.1 Å². The zero-order valence-corrected chi connectivity index (χ0v) is 20.8. The van der Waals surface area contributed by atoms with Crippen molar-refractivity contribution in [3.63, 3.8) is 0 Å². The Hall–Kier alpha value is -1.55. The molecule has 0 radical (unpaired) electrons. The Morgan fingerprint density at radius 2 is 1.71 bits per heavy atom. The van der Waals surface area contributed by atoms with E-state index in [0.29, 0.717) is 24.7 Å². The highest BCUT2D eigenvalue weighted by Gasteiger charge is 2.43. The van der Waals surface area contributed by atoms with Crippen LogP contribution in [0, 0.1) is 11.8 Å². The van der Waals surface area contributed by atoms with E-state index in [1.165, 1.54) is 19.3 Å². The summed E-state index contributed by atoms with van der Waals surface area (Å²) in [5, 5.41) is 48.7. The summed E-state index contributed by atoms with van der Waals surface area (Å²) in [6.07, 6.45) is 13.9. The summed E-state index contributed by atoms with van der Waals surface area (Å²) in [5.74, 6) is 0.502. The van der Waals surface area contributed by atoms with Crippen molar-refractivity contribution in [2.24, 2.45) is 11.8 Å². The smallest absolute Gasteiger partial charge is 0.305 e. The highest BCUT2D eigenvalue weighted by atomic mass is 16.6. The van der Waals surface area contributed by atoms with Gasteiger partial charge in [-0.1, -0.05) is 56.2 Å². The lowest BCUT2D eigenvalue weighted by Crippen LogP contribution is -2.58. The van der Waals surface area contributed by atoms with Gasteiger partial charge in [-0.25, -0.2) is 0 Å². The fourth-order valence-corrected chi connectivity index (χ4v) is 4.19. The summed E-state index contributed by atoms with van der Waals surface area (Å²) >= 11 is 0. The van der Waals surface area contributed by atoms with Gasteiger partial charge in [-0.15, -0.1) is 0 Å². The fourth-order valence-electron chi connectivity index (χ4n) is 4.19. The van der Waals surface area contributed by atoms with Crippen molar-refractivity contribution in [1.29, 1.82) is 0 Å². The van der Waals surface area contributed by atoms with Crippen molar-refractivity contribution in [2.75, 3.05) is 6.61 Å². The summed E-state index contributed by atoms with van der Waals surface area (Å²) in [7, 11) is 0. The van der Waals surface area contributed by atoms with E-state index >= 15 is 0 Å². The number of hydrogen-bond acceptors (Lipinski definition) is 8. The SMILES string of the molecule is CCCCC/C=C\CC1CC1[C@@H](O)/C=C\C/C=C\CCCC(=O)OCC1OC(O)C(O)C(O)C1O. The second-order valence-electron chi connectivity index (χ2n) is 9.60. The van der Waals surface area contributed by atoms with Crippen LogP contribution in [0.15, 0.2) is 36.5 Å². The Bertz CT molecular complexity index is 691. The molecule has 35 heavy (non-hydrogen) atoms. The van der Waals surface area contributed by atoms with Gasteiger partial charge < -0.3 is 35.0 Å². The van der Waals surface area contributed by atoms with Crippen LogP contribution < -0.4 is 0 Å². The third-order valence-electron chi connectivity index (χ3n) is 6.62. The molecular weight excluding hydrogens is 452 g/mol. The number of carbonyl (C=O) groups excluding carboxylic acids is 1. The van der Waals surface area contributed by atoms with E-state index in [9.17, 15) is 30.3 Å². The van der Waals surface area contributed by atoms with E-state index in [1.54, 1.807) is 0 Å². The van der Waals surface area contributed by atoms with E-state index in [0.717, 1.165) is 25.7 Å². The zero-order chi connectivity index (χ0) is 25.6. The van der Waals surface area contributed by atoms with Crippen LogP contribution in [-0.4, -0.2) is 74.9 Å². The molecule has 1 saturated carbocycles. The van der Waals surface area contributed by atoms with E-state index in [-0.39, 0.29) is 19.1 Å². The second kappa shape index (κ2) is 16.2. The van der Waals surface area contributed by atoms with E-state index < -0.39 is 36.7 Å².